The average Bonchev–Trinajstić information content (AvgIpc) is 1.96. The van der Waals surface area contributed by atoms with Crippen molar-refractivity contribution in [2.45, 2.75) is 0 Å². The Hall–Kier alpha value is 4.34. The first-order chi connectivity index (χ1) is 11.1. The summed E-state index contributed by atoms with van der Waals surface area (Å²) in [6.45, 7) is 0. The minimum absolute atomic E-state index is 0. The van der Waals surface area contributed by atoms with Crippen LogP contribution in [-0.2, 0) is 91.5 Å². The predicted molar refractivity (Wildman–Crippen MR) is 53.3 cm³/mol. The van der Waals surface area contributed by atoms with Crippen LogP contribution in [0, 0.1) is 0 Å². The van der Waals surface area contributed by atoms with Crippen molar-refractivity contribution in [1.29, 1.82) is 0 Å². The Kier molecular flexibility index (Phi) is 39.2. The van der Waals surface area contributed by atoms with E-state index in [4.69, 9.17) is 9.79 Å². The molecule has 2 unspecified atom stereocenters. The summed E-state index contributed by atoms with van der Waals surface area (Å²) in [4.78, 5) is 109. The van der Waals surface area contributed by atoms with Gasteiger partial charge in [-0.05, 0) is 0 Å². The van der Waals surface area contributed by atoms with Crippen molar-refractivity contribution in [2.75, 3.05) is 0 Å². The fourth-order valence-electron chi connectivity index (χ4n) is 0.375. The first kappa shape index (κ1) is 56.5. The molecule has 0 spiro atoms. The molecule has 0 saturated heterocycles. The maximum absolute atomic E-state index is 9.44. The Balaban J connectivity index is -0.0000000417. The summed E-state index contributed by atoms with van der Waals surface area (Å²) in [6, 6.07) is 0. The van der Waals surface area contributed by atoms with Gasteiger partial charge in [0, 0.05) is 0 Å². The molecule has 2 N–H and O–H groups in total. The quantitative estimate of drug-likeness (QED) is 0.189. The van der Waals surface area contributed by atoms with Gasteiger partial charge in [0.25, 0.3) is 15.6 Å². The summed E-state index contributed by atoms with van der Waals surface area (Å²) in [5.41, 5.74) is 0. The molecule has 0 aromatic rings. The topological polar surface area (TPSA) is 401 Å². The molecule has 0 aromatic heterocycles. The Morgan fingerprint density at radius 3 is 0.562 bits per heavy atom. The van der Waals surface area contributed by atoms with E-state index in [2.05, 4.69) is 12.9 Å². The third-order valence-electron chi connectivity index (χ3n) is 0.606. The smallest absolute Gasteiger partial charge is 0.790 e. The molecule has 21 nitrogen and oxygen atoms in total. The van der Waals surface area contributed by atoms with E-state index in [0.29, 0.717) is 0 Å². The van der Waals surface area contributed by atoms with Crippen molar-refractivity contribution < 1.29 is 209 Å². The van der Waals surface area contributed by atoms with Crippen LogP contribution in [0.15, 0.2) is 0 Å². The van der Waals surface area contributed by atoms with Gasteiger partial charge in [0.15, 0.2) is 0 Å². The van der Waals surface area contributed by atoms with Gasteiger partial charge >= 0.3 is 110 Å². The van der Waals surface area contributed by atoms with Crippen molar-refractivity contribution in [3.63, 3.8) is 0 Å². The SMILES string of the molecule is O=P([O-])([O-])OP(=O)([O-])O.O=P([O-])([O-])OP(=O)([O-])O.O=P([O-])([O-])OP(=O)([O-])[O-].[Fe+2].[Fe+3].[Fe+3].[Na+].[Na+]. The molecule has 0 rings (SSSR count). The molecule has 0 heterocycles. The molecule has 0 aliphatic heterocycles. The second-order valence-electron chi connectivity index (χ2n) is 2.97. The van der Waals surface area contributed by atoms with Crippen LogP contribution in [0.2, 0.25) is 0 Å². The molecule has 0 amide bonds. The Labute approximate surface area is 253 Å². The summed E-state index contributed by atoms with van der Waals surface area (Å²) in [7, 11) is -33.4. The normalized spacial score (nSPS) is 14.6. The molecule has 2 atom stereocenters. The summed E-state index contributed by atoms with van der Waals surface area (Å²) < 4.78 is 64.0. The summed E-state index contributed by atoms with van der Waals surface area (Å²) in [6.07, 6.45) is 0. The van der Waals surface area contributed by atoms with Crippen LogP contribution in [-0.4, -0.2) is 9.79 Å². The van der Waals surface area contributed by atoms with Crippen molar-refractivity contribution in [3.8, 4) is 0 Å². The second kappa shape index (κ2) is 22.2. The third kappa shape index (κ3) is 76.5. The van der Waals surface area contributed by atoms with E-state index in [1.807, 2.05) is 0 Å². The maximum Gasteiger partial charge on any atom is 3.00 e. The summed E-state index contributed by atoms with van der Waals surface area (Å²) in [5, 5.41) is 0. The molecular weight excluding hydrogens is 735 g/mol. The van der Waals surface area contributed by atoms with E-state index in [-0.39, 0.29) is 110 Å². The van der Waals surface area contributed by atoms with Crippen molar-refractivity contribution in [1.82, 2.24) is 0 Å². The molecule has 32 heavy (non-hydrogen) atoms. The van der Waals surface area contributed by atoms with Gasteiger partial charge in [0.1, 0.15) is 0 Å². The Bertz CT molecular complexity index is 567. The Morgan fingerprint density at radius 1 is 0.438 bits per heavy atom. The van der Waals surface area contributed by atoms with Crippen molar-refractivity contribution in [2.24, 2.45) is 0 Å². The van der Waals surface area contributed by atoms with Gasteiger partial charge in [-0.1, -0.05) is 0 Å². The fourth-order valence-corrected chi connectivity index (χ4v) is 3.38. The molecular formula is H2Fe3Na2O21P6. The van der Waals surface area contributed by atoms with E-state index in [9.17, 15) is 76.3 Å². The van der Waals surface area contributed by atoms with E-state index in [1.54, 1.807) is 0 Å². The minimum Gasteiger partial charge on any atom is -0.790 e. The number of hydrogen-bond acceptors (Lipinski definition) is 19. The molecule has 32 heteroatoms. The van der Waals surface area contributed by atoms with Gasteiger partial charge in [-0.2, -0.15) is 0 Å². The fraction of sp³-hybridized carbons (Fsp3) is 0. The van der Waals surface area contributed by atoms with Crippen LogP contribution >= 0.6 is 46.9 Å². The van der Waals surface area contributed by atoms with Gasteiger partial charge in [0.05, 0.1) is 31.3 Å². The number of phosphoric acid groups is 6. The molecule has 0 fully saturated rings. The van der Waals surface area contributed by atoms with E-state index >= 15 is 0 Å². The second-order valence-corrected chi connectivity index (χ2v) is 10.4. The number of rotatable bonds is 6. The van der Waals surface area contributed by atoms with Gasteiger partial charge in [0.2, 0.25) is 0 Å². The van der Waals surface area contributed by atoms with E-state index in [0.717, 1.165) is 0 Å². The molecule has 0 aliphatic carbocycles. The van der Waals surface area contributed by atoms with Crippen LogP contribution in [0.1, 0.15) is 0 Å². The Morgan fingerprint density at radius 2 is 0.562 bits per heavy atom. The zero-order valence-electron chi connectivity index (χ0n) is 14.4. The van der Waals surface area contributed by atoms with Crippen LogP contribution in [0.25, 0.3) is 0 Å². The minimum atomic E-state index is -5.68. The standard InChI is InChI=1S/3Fe.2Na.3H4O7P2/c;;;;;3*1-8(2,3)7-9(4,5)6/h;;;;;3*(H2,1,2,3)(H2,4,5,6)/q+2;2*+3;2*+1;;;/p-10. The van der Waals surface area contributed by atoms with E-state index in [1.165, 1.54) is 0 Å². The molecule has 2 radical (unpaired) electrons. The van der Waals surface area contributed by atoms with Gasteiger partial charge in [-0.3, -0.25) is 17.8 Å². The van der Waals surface area contributed by atoms with Gasteiger partial charge in [-0.25, -0.2) is 0 Å². The zero-order valence-corrected chi connectivity index (χ0v) is 27.1. The van der Waals surface area contributed by atoms with Gasteiger partial charge in [-0.15, -0.1) is 0 Å². The van der Waals surface area contributed by atoms with Crippen LogP contribution < -0.4 is 108 Å². The molecule has 184 valence electrons. The maximum atomic E-state index is 9.44. The van der Waals surface area contributed by atoms with Crippen molar-refractivity contribution in [3.05, 3.63) is 0 Å². The summed E-state index contributed by atoms with van der Waals surface area (Å²) >= 11 is 0. The van der Waals surface area contributed by atoms with Crippen LogP contribution in [0.5, 0.6) is 0 Å². The average molecular weight is 737 g/mol. The third-order valence-corrected chi connectivity index (χ3v) is 5.46. The predicted octanol–water partition coefficient (Wildman–Crippen LogP) is -14.8. The van der Waals surface area contributed by atoms with Crippen LogP contribution in [0.4, 0.5) is 0 Å². The molecule has 0 aromatic carbocycles. The van der Waals surface area contributed by atoms with E-state index < -0.39 is 46.9 Å². The van der Waals surface area contributed by atoms with Crippen molar-refractivity contribution >= 4 is 46.9 Å². The monoisotopic (exact) mass is 738 g/mol. The molecule has 0 aliphatic rings. The number of hydrogen-bond donors (Lipinski definition) is 2. The largest absolute Gasteiger partial charge is 3.00 e. The summed E-state index contributed by atoms with van der Waals surface area (Å²) in [5.74, 6) is 0. The molecule has 0 saturated carbocycles. The molecule has 0 bridgehead atoms. The zero-order chi connectivity index (χ0) is 23.1. The first-order valence-corrected chi connectivity index (χ1v) is 13.2. The van der Waals surface area contributed by atoms with Gasteiger partial charge < -0.3 is 81.3 Å². The van der Waals surface area contributed by atoms with Crippen LogP contribution in [0.3, 0.4) is 0 Å². The first-order valence-electron chi connectivity index (χ1n) is 4.42.